The molecular weight excluding hydrogens is 194 g/mol. The number of hydrogen-bond donors (Lipinski definition) is 1. The summed E-state index contributed by atoms with van der Waals surface area (Å²) in [7, 11) is 1.90. The Labute approximate surface area is 89.5 Å². The molecule has 0 radical (unpaired) electrons. The van der Waals surface area contributed by atoms with Crippen LogP contribution in [0.2, 0.25) is 0 Å². The Morgan fingerprint density at radius 2 is 2.27 bits per heavy atom. The van der Waals surface area contributed by atoms with Crippen molar-refractivity contribution in [1.82, 2.24) is 4.90 Å². The van der Waals surface area contributed by atoms with Crippen molar-refractivity contribution in [3.63, 3.8) is 0 Å². The van der Waals surface area contributed by atoms with E-state index in [4.69, 9.17) is 9.52 Å². The van der Waals surface area contributed by atoms with E-state index in [-0.39, 0.29) is 18.5 Å². The summed E-state index contributed by atoms with van der Waals surface area (Å²) in [6.07, 6.45) is 1.77. The Kier molecular flexibility index (Phi) is 3.91. The third-order valence-electron chi connectivity index (χ3n) is 2.73. The summed E-state index contributed by atoms with van der Waals surface area (Å²) < 4.78 is 5.28. The normalized spacial score (nSPS) is 15.2. The van der Waals surface area contributed by atoms with Crippen molar-refractivity contribution >= 4 is 5.97 Å². The maximum Gasteiger partial charge on any atom is 0.304 e. The third kappa shape index (κ3) is 3.09. The number of nitrogens with zero attached hydrogens (tertiary/aromatic N) is 1. The molecule has 0 saturated heterocycles. The van der Waals surface area contributed by atoms with E-state index in [1.54, 1.807) is 6.26 Å². The van der Waals surface area contributed by atoms with Crippen LogP contribution >= 0.6 is 0 Å². The summed E-state index contributed by atoms with van der Waals surface area (Å²) >= 11 is 0. The SMILES string of the molecule is CC(CC(=O)O)N(C)C(C)c1ccco1. The van der Waals surface area contributed by atoms with E-state index in [1.807, 2.05) is 37.9 Å². The fourth-order valence-corrected chi connectivity index (χ4v) is 1.51. The zero-order chi connectivity index (χ0) is 11.4. The van der Waals surface area contributed by atoms with E-state index >= 15 is 0 Å². The van der Waals surface area contributed by atoms with Gasteiger partial charge in [0.15, 0.2) is 0 Å². The van der Waals surface area contributed by atoms with Crippen LogP contribution in [0, 0.1) is 0 Å². The molecule has 0 aliphatic heterocycles. The summed E-state index contributed by atoms with van der Waals surface area (Å²) in [5, 5.41) is 8.70. The molecule has 0 spiro atoms. The standard InChI is InChI=1S/C11H17NO3/c1-8(7-11(13)14)12(3)9(2)10-5-4-6-15-10/h4-6,8-9H,7H2,1-3H3,(H,13,14). The molecule has 0 aliphatic rings. The van der Waals surface area contributed by atoms with Gasteiger partial charge in [-0.1, -0.05) is 0 Å². The first-order valence-corrected chi connectivity index (χ1v) is 4.99. The maximum absolute atomic E-state index is 10.6. The van der Waals surface area contributed by atoms with Crippen molar-refractivity contribution in [1.29, 1.82) is 0 Å². The average molecular weight is 211 g/mol. The summed E-state index contributed by atoms with van der Waals surface area (Å²) in [6.45, 7) is 3.89. The number of carboxylic acid groups (broad SMARTS) is 1. The smallest absolute Gasteiger partial charge is 0.304 e. The van der Waals surface area contributed by atoms with Gasteiger partial charge < -0.3 is 9.52 Å². The van der Waals surface area contributed by atoms with E-state index in [1.165, 1.54) is 0 Å². The van der Waals surface area contributed by atoms with Gasteiger partial charge in [0.2, 0.25) is 0 Å². The lowest BCUT2D eigenvalue weighted by Gasteiger charge is -2.28. The molecule has 0 saturated carbocycles. The molecule has 1 aromatic rings. The van der Waals surface area contributed by atoms with Gasteiger partial charge in [-0.15, -0.1) is 0 Å². The molecule has 0 amide bonds. The molecule has 2 atom stereocenters. The van der Waals surface area contributed by atoms with Crippen molar-refractivity contribution in [3.05, 3.63) is 24.2 Å². The minimum Gasteiger partial charge on any atom is -0.481 e. The lowest BCUT2D eigenvalue weighted by molar-refractivity contribution is -0.138. The van der Waals surface area contributed by atoms with Gasteiger partial charge in [0.05, 0.1) is 18.7 Å². The minimum atomic E-state index is -0.777. The summed E-state index contributed by atoms with van der Waals surface area (Å²) in [5.41, 5.74) is 0. The Morgan fingerprint density at radius 3 is 2.73 bits per heavy atom. The van der Waals surface area contributed by atoms with Gasteiger partial charge in [-0.2, -0.15) is 0 Å². The number of carboxylic acids is 1. The molecule has 1 rings (SSSR count). The first kappa shape index (κ1) is 11.8. The number of rotatable bonds is 5. The van der Waals surface area contributed by atoms with Gasteiger partial charge >= 0.3 is 5.97 Å². The predicted molar refractivity (Wildman–Crippen MR) is 56.6 cm³/mol. The Bertz CT molecular complexity index is 308. The highest BCUT2D eigenvalue weighted by Crippen LogP contribution is 2.21. The fourth-order valence-electron chi connectivity index (χ4n) is 1.51. The molecular formula is C11H17NO3. The number of hydrogen-bond acceptors (Lipinski definition) is 3. The number of carbonyl (C=O) groups is 1. The molecule has 4 nitrogen and oxygen atoms in total. The second kappa shape index (κ2) is 4.98. The molecule has 1 heterocycles. The van der Waals surface area contributed by atoms with Crippen LogP contribution in [-0.4, -0.2) is 29.1 Å². The van der Waals surface area contributed by atoms with Crippen LogP contribution in [0.15, 0.2) is 22.8 Å². The average Bonchev–Trinajstić information content (AvgIpc) is 2.67. The first-order chi connectivity index (χ1) is 7.02. The van der Waals surface area contributed by atoms with Crippen LogP contribution in [0.5, 0.6) is 0 Å². The van der Waals surface area contributed by atoms with Gasteiger partial charge in [0, 0.05) is 6.04 Å². The van der Waals surface area contributed by atoms with Crippen LogP contribution in [0.1, 0.15) is 32.1 Å². The van der Waals surface area contributed by atoms with Crippen LogP contribution in [-0.2, 0) is 4.79 Å². The van der Waals surface area contributed by atoms with E-state index in [2.05, 4.69) is 0 Å². The van der Waals surface area contributed by atoms with E-state index in [0.29, 0.717) is 0 Å². The zero-order valence-corrected chi connectivity index (χ0v) is 9.30. The van der Waals surface area contributed by atoms with E-state index in [0.717, 1.165) is 5.76 Å². The van der Waals surface area contributed by atoms with Crippen molar-refractivity contribution in [2.75, 3.05) is 7.05 Å². The minimum absolute atomic E-state index is 0.0115. The zero-order valence-electron chi connectivity index (χ0n) is 9.30. The second-order valence-corrected chi connectivity index (χ2v) is 3.80. The van der Waals surface area contributed by atoms with Crippen LogP contribution in [0.25, 0.3) is 0 Å². The largest absolute Gasteiger partial charge is 0.481 e. The molecule has 4 heteroatoms. The van der Waals surface area contributed by atoms with E-state index in [9.17, 15) is 4.79 Å². The fraction of sp³-hybridized carbons (Fsp3) is 0.545. The molecule has 0 bridgehead atoms. The lowest BCUT2D eigenvalue weighted by Crippen LogP contribution is -2.33. The van der Waals surface area contributed by atoms with Crippen molar-refractivity contribution in [2.45, 2.75) is 32.4 Å². The Balaban J connectivity index is 2.59. The molecule has 2 unspecified atom stereocenters. The molecule has 84 valence electrons. The Morgan fingerprint density at radius 1 is 1.60 bits per heavy atom. The summed E-state index contributed by atoms with van der Waals surface area (Å²) in [4.78, 5) is 12.6. The quantitative estimate of drug-likeness (QED) is 0.810. The summed E-state index contributed by atoms with van der Waals surface area (Å²) in [6, 6.07) is 3.81. The molecule has 1 N–H and O–H groups in total. The van der Waals surface area contributed by atoms with E-state index < -0.39 is 5.97 Å². The molecule has 0 fully saturated rings. The highest BCUT2D eigenvalue weighted by molar-refractivity contribution is 5.67. The van der Waals surface area contributed by atoms with Crippen LogP contribution in [0.3, 0.4) is 0 Å². The predicted octanol–water partition coefficient (Wildman–Crippen LogP) is 2.14. The van der Waals surface area contributed by atoms with Gasteiger partial charge in [0.25, 0.3) is 0 Å². The first-order valence-electron chi connectivity index (χ1n) is 4.99. The Hall–Kier alpha value is -1.29. The van der Waals surface area contributed by atoms with Crippen molar-refractivity contribution in [2.24, 2.45) is 0 Å². The number of aliphatic carboxylic acids is 1. The molecule has 0 aromatic carbocycles. The highest BCUT2D eigenvalue weighted by atomic mass is 16.4. The van der Waals surface area contributed by atoms with Gasteiger partial charge in [-0.05, 0) is 33.0 Å². The molecule has 1 aromatic heterocycles. The van der Waals surface area contributed by atoms with Gasteiger partial charge in [0.1, 0.15) is 5.76 Å². The highest BCUT2D eigenvalue weighted by Gasteiger charge is 2.20. The molecule has 0 aliphatic carbocycles. The summed E-state index contributed by atoms with van der Waals surface area (Å²) in [5.74, 6) is 0.0794. The van der Waals surface area contributed by atoms with Crippen molar-refractivity contribution in [3.8, 4) is 0 Å². The topological polar surface area (TPSA) is 53.7 Å². The van der Waals surface area contributed by atoms with Gasteiger partial charge in [-0.3, -0.25) is 9.69 Å². The number of furan rings is 1. The van der Waals surface area contributed by atoms with Gasteiger partial charge in [-0.25, -0.2) is 0 Å². The monoisotopic (exact) mass is 211 g/mol. The third-order valence-corrected chi connectivity index (χ3v) is 2.73. The second-order valence-electron chi connectivity index (χ2n) is 3.80. The van der Waals surface area contributed by atoms with Crippen molar-refractivity contribution < 1.29 is 14.3 Å². The molecule has 15 heavy (non-hydrogen) atoms. The van der Waals surface area contributed by atoms with Crippen LogP contribution < -0.4 is 0 Å². The van der Waals surface area contributed by atoms with Crippen LogP contribution in [0.4, 0.5) is 0 Å². The maximum atomic E-state index is 10.6. The lowest BCUT2D eigenvalue weighted by atomic mass is 10.1.